The zero-order valence-electron chi connectivity index (χ0n) is 10.5. The zero-order valence-corrected chi connectivity index (χ0v) is 11.3. The smallest absolute Gasteiger partial charge is 0.224 e. The molecule has 2 aliphatic heterocycles. The van der Waals surface area contributed by atoms with Crippen LogP contribution in [0.4, 0.5) is 11.8 Å². The van der Waals surface area contributed by atoms with Gasteiger partial charge in [0.05, 0.1) is 10.6 Å². The molecule has 1 fully saturated rings. The summed E-state index contributed by atoms with van der Waals surface area (Å²) in [6.07, 6.45) is 3.15. The van der Waals surface area contributed by atoms with Crippen molar-refractivity contribution in [3.8, 4) is 0 Å². The van der Waals surface area contributed by atoms with E-state index in [1.165, 1.54) is 10.6 Å². The molecule has 0 unspecified atom stereocenters. The summed E-state index contributed by atoms with van der Waals surface area (Å²) >= 11 is 1.86. The Kier molecular flexibility index (Phi) is 3.56. The fourth-order valence-electron chi connectivity index (χ4n) is 2.31. The lowest BCUT2D eigenvalue weighted by Crippen LogP contribution is -2.28. The molecule has 6 heteroatoms. The molecule has 98 valence electrons. The van der Waals surface area contributed by atoms with Gasteiger partial charge in [0.2, 0.25) is 5.95 Å². The van der Waals surface area contributed by atoms with Crippen molar-refractivity contribution in [2.24, 2.45) is 0 Å². The molecule has 2 N–H and O–H groups in total. The number of fused-ring (bicyclic) bond motifs is 1. The zero-order chi connectivity index (χ0) is 12.4. The summed E-state index contributed by atoms with van der Waals surface area (Å²) in [6, 6.07) is 0.476. The minimum atomic E-state index is 0.476. The van der Waals surface area contributed by atoms with Crippen molar-refractivity contribution < 1.29 is 4.74 Å². The number of aryl methyl sites for hydroxylation is 1. The quantitative estimate of drug-likeness (QED) is 0.869. The molecule has 18 heavy (non-hydrogen) atoms. The van der Waals surface area contributed by atoms with E-state index in [1.807, 2.05) is 18.8 Å². The second-order valence-corrected chi connectivity index (χ2v) is 5.66. The van der Waals surface area contributed by atoms with Crippen LogP contribution in [-0.2, 0) is 11.2 Å². The van der Waals surface area contributed by atoms with Gasteiger partial charge in [-0.05, 0) is 12.8 Å². The van der Waals surface area contributed by atoms with Gasteiger partial charge >= 0.3 is 0 Å². The summed E-state index contributed by atoms with van der Waals surface area (Å²) in [5, 5.41) is 6.60. The first kappa shape index (κ1) is 12.0. The highest BCUT2D eigenvalue weighted by molar-refractivity contribution is 7.99. The van der Waals surface area contributed by atoms with Gasteiger partial charge in [-0.3, -0.25) is 0 Å². The standard InChI is InChI=1S/C12H18N4OS/c1-13-12-15-9-4-7-18-10(9)11(16-12)14-8-2-5-17-6-3-8/h8H,2-7H2,1H3,(H2,13,14,15,16). The van der Waals surface area contributed by atoms with E-state index in [0.717, 1.165) is 44.0 Å². The van der Waals surface area contributed by atoms with E-state index in [9.17, 15) is 0 Å². The predicted octanol–water partition coefficient (Wildman–Crippen LogP) is 1.76. The molecular weight excluding hydrogens is 248 g/mol. The first-order valence-corrected chi connectivity index (χ1v) is 7.41. The highest BCUT2D eigenvalue weighted by atomic mass is 32.2. The van der Waals surface area contributed by atoms with E-state index in [2.05, 4.69) is 20.6 Å². The Bertz CT molecular complexity index is 434. The molecule has 1 saturated heterocycles. The molecule has 0 amide bonds. The molecule has 1 aromatic rings. The molecule has 0 aromatic carbocycles. The Balaban J connectivity index is 1.83. The first-order valence-electron chi connectivity index (χ1n) is 6.42. The van der Waals surface area contributed by atoms with E-state index < -0.39 is 0 Å². The minimum absolute atomic E-state index is 0.476. The number of hydrogen-bond donors (Lipinski definition) is 2. The van der Waals surface area contributed by atoms with Gasteiger partial charge in [0.1, 0.15) is 5.82 Å². The Hall–Kier alpha value is -1.01. The SMILES string of the molecule is CNc1nc2c(c(NC3CCOCC3)n1)SCC2. The number of rotatable bonds is 3. The monoisotopic (exact) mass is 266 g/mol. The Morgan fingerprint density at radius 2 is 2.11 bits per heavy atom. The van der Waals surface area contributed by atoms with Gasteiger partial charge in [0.15, 0.2) is 0 Å². The van der Waals surface area contributed by atoms with Gasteiger partial charge in [-0.2, -0.15) is 4.98 Å². The molecule has 3 heterocycles. The van der Waals surface area contributed by atoms with Gasteiger partial charge in [-0.15, -0.1) is 11.8 Å². The average molecular weight is 266 g/mol. The number of aromatic nitrogens is 2. The second kappa shape index (κ2) is 5.32. The third-order valence-corrected chi connectivity index (χ3v) is 4.43. The largest absolute Gasteiger partial charge is 0.381 e. The van der Waals surface area contributed by atoms with Crippen LogP contribution in [0.1, 0.15) is 18.5 Å². The fraction of sp³-hybridized carbons (Fsp3) is 0.667. The summed E-state index contributed by atoms with van der Waals surface area (Å²) in [4.78, 5) is 10.3. The van der Waals surface area contributed by atoms with Crippen LogP contribution in [0.3, 0.4) is 0 Å². The molecule has 0 bridgehead atoms. The van der Waals surface area contributed by atoms with Gasteiger partial charge in [-0.1, -0.05) is 0 Å². The third kappa shape index (κ3) is 2.40. The van der Waals surface area contributed by atoms with Crippen LogP contribution in [0.15, 0.2) is 4.90 Å². The maximum absolute atomic E-state index is 5.38. The summed E-state index contributed by atoms with van der Waals surface area (Å²) in [7, 11) is 1.86. The van der Waals surface area contributed by atoms with Crippen molar-refractivity contribution in [2.75, 3.05) is 36.6 Å². The van der Waals surface area contributed by atoms with E-state index in [1.54, 1.807) is 0 Å². The van der Waals surface area contributed by atoms with Crippen molar-refractivity contribution in [3.05, 3.63) is 5.69 Å². The van der Waals surface area contributed by atoms with Crippen LogP contribution in [0, 0.1) is 0 Å². The van der Waals surface area contributed by atoms with Crippen molar-refractivity contribution in [1.82, 2.24) is 9.97 Å². The molecule has 0 aliphatic carbocycles. The van der Waals surface area contributed by atoms with Crippen LogP contribution in [0.5, 0.6) is 0 Å². The van der Waals surface area contributed by atoms with Crippen molar-refractivity contribution in [1.29, 1.82) is 0 Å². The van der Waals surface area contributed by atoms with Crippen LogP contribution >= 0.6 is 11.8 Å². The summed E-state index contributed by atoms with van der Waals surface area (Å²) in [6.45, 7) is 1.69. The topological polar surface area (TPSA) is 59.1 Å². The molecule has 5 nitrogen and oxygen atoms in total. The number of nitrogens with zero attached hydrogens (tertiary/aromatic N) is 2. The molecule has 1 aromatic heterocycles. The van der Waals surface area contributed by atoms with Gasteiger partial charge in [0, 0.05) is 38.5 Å². The molecule has 2 aliphatic rings. The van der Waals surface area contributed by atoms with E-state index in [4.69, 9.17) is 4.74 Å². The lowest BCUT2D eigenvalue weighted by Gasteiger charge is -2.24. The second-order valence-electron chi connectivity index (χ2n) is 4.55. The highest BCUT2D eigenvalue weighted by Gasteiger charge is 2.22. The van der Waals surface area contributed by atoms with E-state index in [0.29, 0.717) is 12.0 Å². The van der Waals surface area contributed by atoms with Crippen LogP contribution < -0.4 is 10.6 Å². The Morgan fingerprint density at radius 3 is 2.89 bits per heavy atom. The van der Waals surface area contributed by atoms with Crippen molar-refractivity contribution >= 4 is 23.5 Å². The van der Waals surface area contributed by atoms with E-state index >= 15 is 0 Å². The van der Waals surface area contributed by atoms with Gasteiger partial charge in [-0.25, -0.2) is 4.98 Å². The van der Waals surface area contributed by atoms with Crippen LogP contribution in [-0.4, -0.2) is 42.0 Å². The number of anilines is 2. The van der Waals surface area contributed by atoms with Crippen molar-refractivity contribution in [3.63, 3.8) is 0 Å². The van der Waals surface area contributed by atoms with Crippen molar-refractivity contribution in [2.45, 2.75) is 30.2 Å². The number of ether oxygens (including phenoxy) is 1. The minimum Gasteiger partial charge on any atom is -0.381 e. The third-order valence-electron chi connectivity index (χ3n) is 3.31. The molecule has 0 spiro atoms. The summed E-state index contributed by atoms with van der Waals surface area (Å²) in [5.74, 6) is 2.82. The number of hydrogen-bond acceptors (Lipinski definition) is 6. The Morgan fingerprint density at radius 1 is 1.28 bits per heavy atom. The normalized spacial score (nSPS) is 19.6. The van der Waals surface area contributed by atoms with Crippen LogP contribution in [0.2, 0.25) is 0 Å². The fourth-order valence-corrected chi connectivity index (χ4v) is 3.37. The predicted molar refractivity (Wildman–Crippen MR) is 73.5 cm³/mol. The van der Waals surface area contributed by atoms with Gasteiger partial charge < -0.3 is 15.4 Å². The average Bonchev–Trinajstić information content (AvgIpc) is 2.88. The lowest BCUT2D eigenvalue weighted by molar-refractivity contribution is 0.0903. The Labute approximate surface area is 111 Å². The number of thioether (sulfide) groups is 1. The molecule has 0 saturated carbocycles. The molecule has 3 rings (SSSR count). The molecule has 0 atom stereocenters. The first-order chi connectivity index (χ1) is 8.86. The molecule has 0 radical (unpaired) electrons. The summed E-state index contributed by atoms with van der Waals surface area (Å²) in [5.41, 5.74) is 1.17. The molecular formula is C12H18N4OS. The maximum Gasteiger partial charge on any atom is 0.224 e. The highest BCUT2D eigenvalue weighted by Crippen LogP contribution is 2.36. The van der Waals surface area contributed by atoms with Crippen LogP contribution in [0.25, 0.3) is 0 Å². The maximum atomic E-state index is 5.38. The van der Waals surface area contributed by atoms with E-state index in [-0.39, 0.29) is 0 Å². The number of nitrogens with one attached hydrogen (secondary N) is 2. The lowest BCUT2D eigenvalue weighted by atomic mass is 10.1. The van der Waals surface area contributed by atoms with Gasteiger partial charge in [0.25, 0.3) is 0 Å². The summed E-state index contributed by atoms with van der Waals surface area (Å²) < 4.78 is 5.38.